The highest BCUT2D eigenvalue weighted by Gasteiger charge is 2.32. The second-order valence-corrected chi connectivity index (χ2v) is 8.76. The van der Waals surface area contributed by atoms with Crippen molar-refractivity contribution in [2.45, 2.75) is 51.5 Å². The summed E-state index contributed by atoms with van der Waals surface area (Å²) in [6, 6.07) is 5.79. The second kappa shape index (κ2) is 10.4. The molecule has 3 aliphatic heterocycles. The third kappa shape index (κ3) is 5.32. The minimum atomic E-state index is -0.00297. The van der Waals surface area contributed by atoms with Gasteiger partial charge in [0, 0.05) is 37.8 Å². The highest BCUT2D eigenvalue weighted by Crippen LogP contribution is 2.30. The number of hydrogen-bond donors (Lipinski definition) is 0. The summed E-state index contributed by atoms with van der Waals surface area (Å²) in [6.07, 6.45) is 6.88. The SMILES string of the molecule is CCOc1cc(C(=O)N2CCC(N3CCCC3)C2)ccc1OCC(=O)N1CCCCC1. The maximum atomic E-state index is 13.1. The molecule has 1 aromatic carbocycles. The first-order valence-corrected chi connectivity index (χ1v) is 11.9. The summed E-state index contributed by atoms with van der Waals surface area (Å²) in [4.78, 5) is 31.9. The molecule has 2 amide bonds. The van der Waals surface area contributed by atoms with Crippen LogP contribution in [0.4, 0.5) is 0 Å². The van der Waals surface area contributed by atoms with E-state index in [1.165, 1.54) is 19.3 Å². The fourth-order valence-corrected chi connectivity index (χ4v) is 4.92. The Hall–Kier alpha value is -2.28. The van der Waals surface area contributed by atoms with Gasteiger partial charge < -0.3 is 19.3 Å². The molecule has 7 nitrogen and oxygen atoms in total. The van der Waals surface area contributed by atoms with Gasteiger partial charge in [0.25, 0.3) is 11.8 Å². The smallest absolute Gasteiger partial charge is 0.260 e. The molecular weight excluding hydrogens is 394 g/mol. The van der Waals surface area contributed by atoms with Crippen molar-refractivity contribution in [3.8, 4) is 11.5 Å². The number of hydrogen-bond acceptors (Lipinski definition) is 5. The number of ether oxygens (including phenoxy) is 2. The molecule has 31 heavy (non-hydrogen) atoms. The van der Waals surface area contributed by atoms with Gasteiger partial charge in [0.05, 0.1) is 6.61 Å². The molecule has 4 rings (SSSR count). The van der Waals surface area contributed by atoms with E-state index in [2.05, 4.69) is 4.90 Å². The predicted octanol–water partition coefficient (Wildman–Crippen LogP) is 2.79. The standard InChI is InChI=1S/C24H35N3O4/c1-2-30-22-16-19(24(29)27-15-10-20(17-27)25-11-6-7-12-25)8-9-21(22)31-18-23(28)26-13-4-3-5-14-26/h8-9,16,20H,2-7,10-15,17-18H2,1H3. The summed E-state index contributed by atoms with van der Waals surface area (Å²) in [5, 5.41) is 0. The maximum Gasteiger partial charge on any atom is 0.260 e. The Morgan fingerprint density at radius 2 is 1.65 bits per heavy atom. The zero-order valence-electron chi connectivity index (χ0n) is 18.7. The summed E-state index contributed by atoms with van der Waals surface area (Å²) in [5.41, 5.74) is 0.611. The molecule has 0 N–H and O–H groups in total. The number of likely N-dealkylation sites (tertiary alicyclic amines) is 3. The predicted molar refractivity (Wildman–Crippen MR) is 119 cm³/mol. The second-order valence-electron chi connectivity index (χ2n) is 8.76. The van der Waals surface area contributed by atoms with E-state index in [9.17, 15) is 9.59 Å². The molecule has 0 saturated carbocycles. The Labute approximate surface area is 185 Å². The van der Waals surface area contributed by atoms with Gasteiger partial charge in [-0.15, -0.1) is 0 Å². The van der Waals surface area contributed by atoms with E-state index in [1.807, 2.05) is 16.7 Å². The quantitative estimate of drug-likeness (QED) is 0.667. The molecule has 3 heterocycles. The van der Waals surface area contributed by atoms with Gasteiger partial charge in [-0.2, -0.15) is 0 Å². The Morgan fingerprint density at radius 1 is 0.903 bits per heavy atom. The van der Waals surface area contributed by atoms with E-state index < -0.39 is 0 Å². The molecular formula is C24H35N3O4. The van der Waals surface area contributed by atoms with E-state index in [-0.39, 0.29) is 18.4 Å². The van der Waals surface area contributed by atoms with Crippen LogP contribution in [0.1, 0.15) is 55.8 Å². The summed E-state index contributed by atoms with van der Waals surface area (Å²) >= 11 is 0. The number of rotatable bonds is 7. The zero-order valence-corrected chi connectivity index (χ0v) is 18.7. The number of benzene rings is 1. The van der Waals surface area contributed by atoms with Gasteiger partial charge in [-0.25, -0.2) is 0 Å². The molecule has 3 aliphatic rings. The van der Waals surface area contributed by atoms with Gasteiger partial charge in [0.15, 0.2) is 18.1 Å². The van der Waals surface area contributed by atoms with Crippen molar-refractivity contribution in [2.75, 3.05) is 52.5 Å². The fourth-order valence-electron chi connectivity index (χ4n) is 4.92. The van der Waals surface area contributed by atoms with Gasteiger partial charge in [0.1, 0.15) is 0 Å². The van der Waals surface area contributed by atoms with E-state index in [4.69, 9.17) is 9.47 Å². The van der Waals surface area contributed by atoms with Crippen LogP contribution in [0.25, 0.3) is 0 Å². The normalized spacial score (nSPS) is 22.0. The number of nitrogens with zero attached hydrogens (tertiary/aromatic N) is 3. The lowest BCUT2D eigenvalue weighted by Gasteiger charge is -2.26. The molecule has 1 unspecified atom stereocenters. The van der Waals surface area contributed by atoms with Crippen LogP contribution in [0.5, 0.6) is 11.5 Å². The van der Waals surface area contributed by atoms with E-state index in [0.717, 1.165) is 58.5 Å². The van der Waals surface area contributed by atoms with Crippen molar-refractivity contribution in [3.05, 3.63) is 23.8 Å². The third-order valence-electron chi connectivity index (χ3n) is 6.66. The summed E-state index contributed by atoms with van der Waals surface area (Å²) < 4.78 is 11.5. The molecule has 0 radical (unpaired) electrons. The molecule has 7 heteroatoms. The van der Waals surface area contributed by atoms with Crippen molar-refractivity contribution in [3.63, 3.8) is 0 Å². The van der Waals surface area contributed by atoms with E-state index in [0.29, 0.717) is 29.7 Å². The number of carbonyl (C=O) groups is 2. The molecule has 0 spiro atoms. The Kier molecular flexibility index (Phi) is 7.33. The van der Waals surface area contributed by atoms with Crippen LogP contribution in [0.2, 0.25) is 0 Å². The van der Waals surface area contributed by atoms with Crippen LogP contribution in [0.15, 0.2) is 18.2 Å². The van der Waals surface area contributed by atoms with E-state index in [1.54, 1.807) is 18.2 Å². The summed E-state index contributed by atoms with van der Waals surface area (Å²) in [5.74, 6) is 1.08. The maximum absolute atomic E-state index is 13.1. The third-order valence-corrected chi connectivity index (χ3v) is 6.66. The molecule has 170 valence electrons. The highest BCUT2D eigenvalue weighted by molar-refractivity contribution is 5.95. The van der Waals surface area contributed by atoms with Crippen molar-refractivity contribution in [1.29, 1.82) is 0 Å². The van der Waals surface area contributed by atoms with Gasteiger partial charge >= 0.3 is 0 Å². The number of piperidine rings is 1. The number of amides is 2. The van der Waals surface area contributed by atoms with Crippen LogP contribution in [-0.2, 0) is 4.79 Å². The van der Waals surface area contributed by atoms with Crippen molar-refractivity contribution < 1.29 is 19.1 Å². The Balaban J connectivity index is 1.38. The average Bonchev–Trinajstić information content (AvgIpc) is 3.50. The van der Waals surface area contributed by atoms with Crippen LogP contribution >= 0.6 is 0 Å². The summed E-state index contributed by atoms with van der Waals surface area (Å²) in [6.45, 7) is 7.89. The molecule has 0 aromatic heterocycles. The van der Waals surface area contributed by atoms with Crippen molar-refractivity contribution in [2.24, 2.45) is 0 Å². The zero-order chi connectivity index (χ0) is 21.6. The first kappa shape index (κ1) is 21.9. The number of carbonyl (C=O) groups excluding carboxylic acids is 2. The van der Waals surface area contributed by atoms with Gasteiger partial charge in [-0.3, -0.25) is 14.5 Å². The first-order valence-electron chi connectivity index (χ1n) is 11.9. The Morgan fingerprint density at radius 3 is 2.39 bits per heavy atom. The molecule has 3 saturated heterocycles. The topological polar surface area (TPSA) is 62.3 Å². The molecule has 0 aliphatic carbocycles. The largest absolute Gasteiger partial charge is 0.490 e. The van der Waals surface area contributed by atoms with Crippen LogP contribution in [0.3, 0.4) is 0 Å². The van der Waals surface area contributed by atoms with Gasteiger partial charge in [-0.05, 0) is 76.7 Å². The van der Waals surface area contributed by atoms with Crippen LogP contribution < -0.4 is 9.47 Å². The van der Waals surface area contributed by atoms with Crippen LogP contribution in [-0.4, -0.2) is 85.0 Å². The van der Waals surface area contributed by atoms with Gasteiger partial charge in [-0.1, -0.05) is 0 Å². The van der Waals surface area contributed by atoms with Gasteiger partial charge in [0.2, 0.25) is 0 Å². The Bertz CT molecular complexity index is 772. The minimum Gasteiger partial charge on any atom is -0.490 e. The molecule has 3 fully saturated rings. The fraction of sp³-hybridized carbons (Fsp3) is 0.667. The lowest BCUT2D eigenvalue weighted by molar-refractivity contribution is -0.134. The average molecular weight is 430 g/mol. The molecule has 0 bridgehead atoms. The lowest BCUT2D eigenvalue weighted by Crippen LogP contribution is -2.38. The monoisotopic (exact) mass is 429 g/mol. The molecule has 1 aromatic rings. The first-order chi connectivity index (χ1) is 15.2. The van der Waals surface area contributed by atoms with Crippen molar-refractivity contribution in [1.82, 2.24) is 14.7 Å². The summed E-state index contributed by atoms with van der Waals surface area (Å²) in [7, 11) is 0. The van der Waals surface area contributed by atoms with Crippen LogP contribution in [0, 0.1) is 0 Å². The lowest BCUT2D eigenvalue weighted by atomic mass is 10.1. The minimum absolute atomic E-state index is 0.00297. The van der Waals surface area contributed by atoms with E-state index >= 15 is 0 Å². The highest BCUT2D eigenvalue weighted by atomic mass is 16.5. The van der Waals surface area contributed by atoms with Crippen molar-refractivity contribution >= 4 is 11.8 Å². The molecule has 1 atom stereocenters.